The molecule has 0 fully saturated rings. The average molecular weight is 244 g/mol. The number of aromatic nitrogens is 1. The maximum atomic E-state index is 10.4. The molecule has 0 radical (unpaired) electrons. The molecule has 92 valence electrons. The summed E-state index contributed by atoms with van der Waals surface area (Å²) in [7, 11) is 0. The molecule has 5 heteroatoms. The third kappa shape index (κ3) is 4.44. The number of amides is 1. The van der Waals surface area contributed by atoms with Crippen molar-refractivity contribution in [2.75, 3.05) is 0 Å². The number of nitrogens with two attached hydrogens (primary N) is 1. The highest BCUT2D eigenvalue weighted by Gasteiger charge is 1.96. The molecule has 0 spiro atoms. The molecule has 1 heterocycles. The van der Waals surface area contributed by atoms with Crippen molar-refractivity contribution >= 4 is 11.9 Å². The van der Waals surface area contributed by atoms with E-state index in [4.69, 9.17) is 10.8 Å². The van der Waals surface area contributed by atoms with Crippen LogP contribution in [0, 0.1) is 0 Å². The van der Waals surface area contributed by atoms with Gasteiger partial charge < -0.3 is 10.8 Å². The van der Waals surface area contributed by atoms with Crippen molar-refractivity contribution in [3.05, 3.63) is 66.0 Å². The number of carboxylic acid groups (broad SMARTS) is 1. The molecule has 0 bridgehead atoms. The van der Waals surface area contributed by atoms with Crippen LogP contribution < -0.4 is 5.73 Å². The minimum Gasteiger partial charge on any atom is -0.478 e. The van der Waals surface area contributed by atoms with E-state index in [1.54, 1.807) is 48.7 Å². The van der Waals surface area contributed by atoms with Gasteiger partial charge in [0.2, 0.25) is 5.91 Å². The van der Waals surface area contributed by atoms with Crippen molar-refractivity contribution in [3.63, 3.8) is 0 Å². The van der Waals surface area contributed by atoms with Crippen LogP contribution in [0.15, 0.2) is 54.9 Å². The zero-order valence-electron chi connectivity index (χ0n) is 9.48. The minimum atomic E-state index is -0.879. The van der Waals surface area contributed by atoms with Gasteiger partial charge in [-0.05, 0) is 24.3 Å². The van der Waals surface area contributed by atoms with Gasteiger partial charge in [0.1, 0.15) is 0 Å². The third-order valence-electron chi connectivity index (χ3n) is 1.97. The topological polar surface area (TPSA) is 93.3 Å². The molecule has 5 nitrogen and oxygen atoms in total. The lowest BCUT2D eigenvalue weighted by molar-refractivity contribution is 0.0696. The maximum Gasteiger partial charge on any atom is 0.335 e. The van der Waals surface area contributed by atoms with E-state index < -0.39 is 11.9 Å². The second-order valence-corrected chi connectivity index (χ2v) is 3.28. The molecule has 0 aliphatic heterocycles. The Kier molecular flexibility index (Phi) is 5.05. The standard InChI is InChI=1S/C7H6O2.C6H6N2O/c8-7(9)6-4-2-1-3-5-6;7-6(9)5-2-1-3-8-4-5/h1-5H,(H,8,9);1-4H,(H2,7,9). The van der Waals surface area contributed by atoms with Crippen LogP contribution in [0.25, 0.3) is 0 Å². The molecular weight excluding hydrogens is 232 g/mol. The number of rotatable bonds is 2. The van der Waals surface area contributed by atoms with E-state index in [2.05, 4.69) is 4.98 Å². The maximum absolute atomic E-state index is 10.4. The van der Waals surface area contributed by atoms with Gasteiger partial charge in [0.15, 0.2) is 0 Å². The first-order chi connectivity index (χ1) is 8.61. The van der Waals surface area contributed by atoms with E-state index in [1.165, 1.54) is 6.20 Å². The van der Waals surface area contributed by atoms with E-state index in [0.29, 0.717) is 11.1 Å². The molecule has 0 atom stereocenters. The Morgan fingerprint density at radius 3 is 1.94 bits per heavy atom. The van der Waals surface area contributed by atoms with Crippen LogP contribution in [-0.4, -0.2) is 22.0 Å². The summed E-state index contributed by atoms with van der Waals surface area (Å²) < 4.78 is 0. The summed E-state index contributed by atoms with van der Waals surface area (Å²) >= 11 is 0. The van der Waals surface area contributed by atoms with E-state index in [0.717, 1.165) is 0 Å². The van der Waals surface area contributed by atoms with Gasteiger partial charge in [-0.15, -0.1) is 0 Å². The summed E-state index contributed by atoms with van der Waals surface area (Å²) in [6.45, 7) is 0. The normalized spacial score (nSPS) is 8.89. The molecule has 3 N–H and O–H groups in total. The van der Waals surface area contributed by atoms with Crippen LogP contribution in [0.5, 0.6) is 0 Å². The van der Waals surface area contributed by atoms with Crippen LogP contribution in [-0.2, 0) is 0 Å². The highest BCUT2D eigenvalue weighted by atomic mass is 16.4. The largest absolute Gasteiger partial charge is 0.478 e. The monoisotopic (exact) mass is 244 g/mol. The number of nitrogens with zero attached hydrogens (tertiary/aromatic N) is 1. The number of benzene rings is 1. The van der Waals surface area contributed by atoms with E-state index in [9.17, 15) is 9.59 Å². The van der Waals surface area contributed by atoms with Gasteiger partial charge in [-0.2, -0.15) is 0 Å². The summed E-state index contributed by atoms with van der Waals surface area (Å²) in [5, 5.41) is 8.38. The van der Waals surface area contributed by atoms with Crippen LogP contribution in [0.2, 0.25) is 0 Å². The first kappa shape index (κ1) is 13.4. The van der Waals surface area contributed by atoms with E-state index in [1.807, 2.05) is 0 Å². The number of pyridine rings is 1. The molecular formula is C13H12N2O3. The predicted octanol–water partition coefficient (Wildman–Crippen LogP) is 1.57. The Morgan fingerprint density at radius 2 is 1.61 bits per heavy atom. The first-order valence-electron chi connectivity index (χ1n) is 5.09. The quantitative estimate of drug-likeness (QED) is 0.838. The molecule has 2 rings (SSSR count). The molecule has 1 aromatic carbocycles. The SMILES string of the molecule is NC(=O)c1cccnc1.O=C(O)c1ccccc1. The Balaban J connectivity index is 0.000000180. The fourth-order valence-corrected chi connectivity index (χ4v) is 1.09. The van der Waals surface area contributed by atoms with Crippen molar-refractivity contribution in [3.8, 4) is 0 Å². The van der Waals surface area contributed by atoms with Crippen molar-refractivity contribution in [2.45, 2.75) is 0 Å². The highest BCUT2D eigenvalue weighted by molar-refractivity contribution is 5.92. The van der Waals surface area contributed by atoms with Crippen LogP contribution >= 0.6 is 0 Å². The number of aromatic carboxylic acids is 1. The van der Waals surface area contributed by atoms with Crippen molar-refractivity contribution < 1.29 is 14.7 Å². The van der Waals surface area contributed by atoms with Gasteiger partial charge >= 0.3 is 5.97 Å². The molecule has 0 unspecified atom stereocenters. The van der Waals surface area contributed by atoms with Gasteiger partial charge in [-0.1, -0.05) is 18.2 Å². The smallest absolute Gasteiger partial charge is 0.335 e. The Morgan fingerprint density at radius 1 is 1.00 bits per heavy atom. The van der Waals surface area contributed by atoms with Crippen LogP contribution in [0.4, 0.5) is 0 Å². The molecule has 0 saturated heterocycles. The number of carbonyl (C=O) groups is 2. The molecule has 0 aliphatic carbocycles. The zero-order valence-corrected chi connectivity index (χ0v) is 9.48. The lowest BCUT2D eigenvalue weighted by atomic mass is 10.2. The summed E-state index contributed by atoms with van der Waals surface area (Å²) in [5.74, 6) is -1.32. The second-order valence-electron chi connectivity index (χ2n) is 3.28. The fraction of sp³-hybridized carbons (Fsp3) is 0. The minimum absolute atomic E-state index is 0.331. The Hall–Kier alpha value is -2.69. The van der Waals surface area contributed by atoms with Gasteiger partial charge in [0, 0.05) is 12.4 Å². The van der Waals surface area contributed by atoms with Gasteiger partial charge in [-0.3, -0.25) is 9.78 Å². The lowest BCUT2D eigenvalue weighted by Gasteiger charge is -1.88. The molecule has 0 saturated carbocycles. The third-order valence-corrected chi connectivity index (χ3v) is 1.97. The number of primary amides is 1. The summed E-state index contributed by atoms with van der Waals surface area (Å²) in [5.41, 5.74) is 5.71. The van der Waals surface area contributed by atoms with Crippen molar-refractivity contribution in [1.82, 2.24) is 4.98 Å². The number of carbonyl (C=O) groups excluding carboxylic acids is 1. The van der Waals surface area contributed by atoms with Gasteiger partial charge in [0.05, 0.1) is 11.1 Å². The zero-order chi connectivity index (χ0) is 13.4. The summed E-state index contributed by atoms with van der Waals surface area (Å²) in [6.07, 6.45) is 3.02. The molecule has 18 heavy (non-hydrogen) atoms. The molecule has 2 aromatic rings. The molecule has 0 aliphatic rings. The van der Waals surface area contributed by atoms with Crippen molar-refractivity contribution in [2.24, 2.45) is 5.73 Å². The van der Waals surface area contributed by atoms with Crippen molar-refractivity contribution in [1.29, 1.82) is 0 Å². The fourth-order valence-electron chi connectivity index (χ4n) is 1.09. The van der Waals surface area contributed by atoms with Gasteiger partial charge in [-0.25, -0.2) is 4.79 Å². The average Bonchev–Trinajstić information content (AvgIpc) is 2.41. The second kappa shape index (κ2) is 6.80. The summed E-state index contributed by atoms with van der Waals surface area (Å²) in [4.78, 5) is 24.3. The lowest BCUT2D eigenvalue weighted by Crippen LogP contribution is -2.10. The molecule has 1 amide bonds. The van der Waals surface area contributed by atoms with E-state index >= 15 is 0 Å². The van der Waals surface area contributed by atoms with Crippen LogP contribution in [0.1, 0.15) is 20.7 Å². The van der Waals surface area contributed by atoms with Crippen LogP contribution in [0.3, 0.4) is 0 Å². The first-order valence-corrected chi connectivity index (χ1v) is 5.09. The molecule has 1 aromatic heterocycles. The number of hydrogen-bond donors (Lipinski definition) is 2. The Bertz CT molecular complexity index is 463. The number of carboxylic acids is 1. The van der Waals surface area contributed by atoms with Gasteiger partial charge in [0.25, 0.3) is 0 Å². The summed E-state index contributed by atoms with van der Waals surface area (Å²) in [6, 6.07) is 11.6. The number of hydrogen-bond acceptors (Lipinski definition) is 3. The predicted molar refractivity (Wildman–Crippen MR) is 66.2 cm³/mol. The van der Waals surface area contributed by atoms with E-state index in [-0.39, 0.29) is 0 Å². The highest BCUT2D eigenvalue weighted by Crippen LogP contribution is 1.96. The Labute approximate surface area is 104 Å².